The number of Topliss-reactive ketones (excluding diaryl/α,β-unsaturated/α-hetero) is 1. The van der Waals surface area contributed by atoms with Crippen LogP contribution in [0.2, 0.25) is 0 Å². The molecular formula is C14H21NO. The maximum atomic E-state index is 11.6. The smallest absolute Gasteiger partial charge is 0.133 e. The number of hydrogen-bond acceptors (Lipinski definition) is 2. The maximum absolute atomic E-state index is 11.6. The Kier molecular flexibility index (Phi) is 5.03. The van der Waals surface area contributed by atoms with Gasteiger partial charge in [0, 0.05) is 18.5 Å². The van der Waals surface area contributed by atoms with E-state index in [0.717, 1.165) is 24.1 Å². The van der Waals surface area contributed by atoms with Crippen molar-refractivity contribution < 1.29 is 4.79 Å². The van der Waals surface area contributed by atoms with Gasteiger partial charge in [-0.2, -0.15) is 0 Å². The molecule has 2 heteroatoms. The maximum Gasteiger partial charge on any atom is 0.133 e. The molecule has 0 spiro atoms. The normalized spacial score (nSPS) is 10.7. The predicted octanol–water partition coefficient (Wildman–Crippen LogP) is 3.21. The molecule has 0 radical (unpaired) electrons. The van der Waals surface area contributed by atoms with Crippen LogP contribution >= 0.6 is 0 Å². The van der Waals surface area contributed by atoms with E-state index >= 15 is 0 Å². The number of nitrogens with two attached hydrogens (primary N) is 1. The molecule has 16 heavy (non-hydrogen) atoms. The van der Waals surface area contributed by atoms with Crippen LogP contribution in [0.5, 0.6) is 0 Å². The van der Waals surface area contributed by atoms with Crippen LogP contribution in [0, 0.1) is 5.92 Å². The highest BCUT2D eigenvalue weighted by Crippen LogP contribution is 2.11. The van der Waals surface area contributed by atoms with Gasteiger partial charge in [-0.05, 0) is 36.5 Å². The van der Waals surface area contributed by atoms with Crippen LogP contribution in [-0.4, -0.2) is 5.78 Å². The fraction of sp³-hybridized carbons (Fsp3) is 0.500. The molecule has 0 bridgehead atoms. The summed E-state index contributed by atoms with van der Waals surface area (Å²) in [5.74, 6) is 0.965. The second-order valence-electron chi connectivity index (χ2n) is 4.72. The summed E-state index contributed by atoms with van der Waals surface area (Å²) >= 11 is 0. The predicted molar refractivity (Wildman–Crippen MR) is 68.3 cm³/mol. The van der Waals surface area contributed by atoms with Crippen molar-refractivity contribution in [3.05, 3.63) is 29.8 Å². The third-order valence-electron chi connectivity index (χ3n) is 2.64. The Morgan fingerprint density at radius 3 is 2.69 bits per heavy atom. The molecule has 0 aromatic heterocycles. The van der Waals surface area contributed by atoms with Crippen LogP contribution in [0.15, 0.2) is 24.3 Å². The highest BCUT2D eigenvalue weighted by Gasteiger charge is 2.04. The summed E-state index contributed by atoms with van der Waals surface area (Å²) in [6.45, 7) is 4.29. The van der Waals surface area contributed by atoms with E-state index in [1.165, 1.54) is 0 Å². The van der Waals surface area contributed by atoms with E-state index in [0.29, 0.717) is 24.5 Å². The van der Waals surface area contributed by atoms with Crippen LogP contribution in [0.1, 0.15) is 38.7 Å². The van der Waals surface area contributed by atoms with Crippen molar-refractivity contribution in [1.82, 2.24) is 0 Å². The summed E-state index contributed by atoms with van der Waals surface area (Å²) in [6.07, 6.45) is 3.15. The molecule has 0 fully saturated rings. The number of rotatable bonds is 6. The van der Waals surface area contributed by atoms with E-state index in [2.05, 4.69) is 13.8 Å². The Morgan fingerprint density at radius 2 is 2.06 bits per heavy atom. The average molecular weight is 219 g/mol. The molecule has 1 aromatic carbocycles. The molecule has 1 rings (SSSR count). The first-order chi connectivity index (χ1) is 7.58. The number of benzene rings is 1. The molecule has 0 saturated heterocycles. The summed E-state index contributed by atoms with van der Waals surface area (Å²) in [5.41, 5.74) is 7.60. The lowest BCUT2D eigenvalue weighted by Crippen LogP contribution is -2.02. The SMILES string of the molecule is CC(C)CCC(=O)CCc1cccc(N)c1. The number of aryl methyl sites for hydroxylation is 1. The van der Waals surface area contributed by atoms with Crippen LogP contribution < -0.4 is 5.73 Å². The Balaban J connectivity index is 2.31. The Hall–Kier alpha value is -1.31. The van der Waals surface area contributed by atoms with Gasteiger partial charge in [0.2, 0.25) is 0 Å². The molecule has 0 aliphatic rings. The van der Waals surface area contributed by atoms with E-state index in [4.69, 9.17) is 5.73 Å². The molecule has 0 aliphatic heterocycles. The van der Waals surface area contributed by atoms with Gasteiger partial charge < -0.3 is 5.73 Å². The van der Waals surface area contributed by atoms with Gasteiger partial charge in [-0.15, -0.1) is 0 Å². The highest BCUT2D eigenvalue weighted by atomic mass is 16.1. The molecule has 0 saturated carbocycles. The molecule has 0 aliphatic carbocycles. The zero-order valence-corrected chi connectivity index (χ0v) is 10.2. The van der Waals surface area contributed by atoms with Crippen molar-refractivity contribution in [3.8, 4) is 0 Å². The van der Waals surface area contributed by atoms with Crippen molar-refractivity contribution in [2.75, 3.05) is 5.73 Å². The fourth-order valence-electron chi connectivity index (χ4n) is 1.61. The van der Waals surface area contributed by atoms with Gasteiger partial charge in [0.1, 0.15) is 5.78 Å². The van der Waals surface area contributed by atoms with E-state index in [1.54, 1.807) is 0 Å². The summed E-state index contributed by atoms with van der Waals surface area (Å²) in [4.78, 5) is 11.6. The molecule has 0 heterocycles. The van der Waals surface area contributed by atoms with Gasteiger partial charge in [0.15, 0.2) is 0 Å². The van der Waals surface area contributed by atoms with Crippen LogP contribution in [-0.2, 0) is 11.2 Å². The second-order valence-corrected chi connectivity index (χ2v) is 4.72. The Morgan fingerprint density at radius 1 is 1.31 bits per heavy atom. The third-order valence-corrected chi connectivity index (χ3v) is 2.64. The number of carbonyl (C=O) groups is 1. The van der Waals surface area contributed by atoms with Crippen molar-refractivity contribution in [2.45, 2.75) is 39.5 Å². The minimum absolute atomic E-state index is 0.358. The van der Waals surface area contributed by atoms with Crippen molar-refractivity contribution in [3.63, 3.8) is 0 Å². The van der Waals surface area contributed by atoms with Gasteiger partial charge in [-0.1, -0.05) is 26.0 Å². The van der Waals surface area contributed by atoms with E-state index < -0.39 is 0 Å². The lowest BCUT2D eigenvalue weighted by Gasteiger charge is -2.04. The molecule has 88 valence electrons. The third kappa shape index (κ3) is 4.96. The minimum atomic E-state index is 0.358. The number of nitrogen functional groups attached to an aromatic ring is 1. The summed E-state index contributed by atoms with van der Waals surface area (Å²) in [7, 11) is 0. The molecule has 2 nitrogen and oxygen atoms in total. The van der Waals surface area contributed by atoms with Gasteiger partial charge in [0.05, 0.1) is 0 Å². The van der Waals surface area contributed by atoms with E-state index in [-0.39, 0.29) is 0 Å². The number of hydrogen-bond donors (Lipinski definition) is 1. The van der Waals surface area contributed by atoms with Gasteiger partial charge in [-0.25, -0.2) is 0 Å². The second kappa shape index (κ2) is 6.31. The van der Waals surface area contributed by atoms with Gasteiger partial charge in [0.25, 0.3) is 0 Å². The first-order valence-corrected chi connectivity index (χ1v) is 5.94. The summed E-state index contributed by atoms with van der Waals surface area (Å²) < 4.78 is 0. The molecular weight excluding hydrogens is 198 g/mol. The quantitative estimate of drug-likeness (QED) is 0.746. The Labute approximate surface area is 97.9 Å². The van der Waals surface area contributed by atoms with Crippen LogP contribution in [0.25, 0.3) is 0 Å². The van der Waals surface area contributed by atoms with E-state index in [9.17, 15) is 4.79 Å². The highest BCUT2D eigenvalue weighted by molar-refractivity contribution is 5.78. The molecule has 0 amide bonds. The average Bonchev–Trinajstić information content (AvgIpc) is 2.23. The molecule has 0 unspecified atom stereocenters. The first-order valence-electron chi connectivity index (χ1n) is 5.94. The van der Waals surface area contributed by atoms with Gasteiger partial charge in [-0.3, -0.25) is 4.79 Å². The first kappa shape index (κ1) is 12.8. The Bertz CT molecular complexity index is 344. The zero-order valence-electron chi connectivity index (χ0n) is 10.2. The zero-order chi connectivity index (χ0) is 12.0. The minimum Gasteiger partial charge on any atom is -0.399 e. The standard InChI is InChI=1S/C14H21NO/c1-11(2)6-8-14(16)9-7-12-4-3-5-13(15)10-12/h3-5,10-11H,6-9,15H2,1-2H3. The molecule has 2 N–H and O–H groups in total. The molecule has 1 aromatic rings. The fourth-order valence-corrected chi connectivity index (χ4v) is 1.61. The van der Waals surface area contributed by atoms with Crippen molar-refractivity contribution >= 4 is 11.5 Å². The van der Waals surface area contributed by atoms with Crippen molar-refractivity contribution in [1.29, 1.82) is 0 Å². The monoisotopic (exact) mass is 219 g/mol. The van der Waals surface area contributed by atoms with Crippen molar-refractivity contribution in [2.24, 2.45) is 5.92 Å². The lowest BCUT2D eigenvalue weighted by molar-refractivity contribution is -0.119. The molecule has 0 atom stereocenters. The number of ketones is 1. The number of anilines is 1. The van der Waals surface area contributed by atoms with E-state index in [1.807, 2.05) is 24.3 Å². The number of carbonyl (C=O) groups excluding carboxylic acids is 1. The topological polar surface area (TPSA) is 43.1 Å². The van der Waals surface area contributed by atoms with Crippen LogP contribution in [0.3, 0.4) is 0 Å². The largest absolute Gasteiger partial charge is 0.399 e. The summed E-state index contributed by atoms with van der Waals surface area (Å²) in [6, 6.07) is 7.76. The lowest BCUT2D eigenvalue weighted by atomic mass is 10.0. The summed E-state index contributed by atoms with van der Waals surface area (Å²) in [5, 5.41) is 0. The van der Waals surface area contributed by atoms with Crippen LogP contribution in [0.4, 0.5) is 5.69 Å². The van der Waals surface area contributed by atoms with Gasteiger partial charge >= 0.3 is 0 Å².